The molecule has 1 heterocycles. The smallest absolute Gasteiger partial charge is 0.153 e. The molecule has 96 valence electrons. The monoisotopic (exact) mass is 243 g/mol. The number of nitrogens with two attached hydrogens (primary N) is 1. The number of benzene rings is 1. The van der Waals surface area contributed by atoms with Crippen LogP contribution in [0.25, 0.3) is 11.1 Å². The maximum atomic E-state index is 6.01. The van der Waals surface area contributed by atoms with E-state index in [1.807, 2.05) is 0 Å². The molecule has 0 aliphatic carbocycles. The van der Waals surface area contributed by atoms with E-state index in [4.69, 9.17) is 5.73 Å². The number of aromatic amines is 1. The van der Waals surface area contributed by atoms with Gasteiger partial charge in [-0.1, -0.05) is 37.6 Å². The van der Waals surface area contributed by atoms with Crippen molar-refractivity contribution in [2.45, 2.75) is 34.1 Å². The van der Waals surface area contributed by atoms with Gasteiger partial charge in [0.25, 0.3) is 0 Å². The van der Waals surface area contributed by atoms with Crippen LogP contribution in [0.5, 0.6) is 0 Å². The van der Waals surface area contributed by atoms with Crippen molar-refractivity contribution in [1.29, 1.82) is 0 Å². The minimum atomic E-state index is 0.578. The van der Waals surface area contributed by atoms with E-state index in [0.717, 1.165) is 17.7 Å². The summed E-state index contributed by atoms with van der Waals surface area (Å²) in [4.78, 5) is 0. The number of hydrogen-bond donors (Lipinski definition) is 2. The number of nitrogens with one attached hydrogen (secondary N) is 1. The van der Waals surface area contributed by atoms with Gasteiger partial charge in [0.15, 0.2) is 5.82 Å². The van der Waals surface area contributed by atoms with Crippen molar-refractivity contribution in [1.82, 2.24) is 10.2 Å². The van der Waals surface area contributed by atoms with Gasteiger partial charge in [0.2, 0.25) is 0 Å². The standard InChI is InChI=1S/C15H21N3/c1-9(2)7-13-14(15(16)18-17-13)12-6-5-10(3)8-11(12)4/h5-6,8-9H,7H2,1-4H3,(H3,16,17,18). The summed E-state index contributed by atoms with van der Waals surface area (Å²) >= 11 is 0. The van der Waals surface area contributed by atoms with Crippen LogP contribution < -0.4 is 5.73 Å². The quantitative estimate of drug-likeness (QED) is 0.867. The molecule has 3 heteroatoms. The minimum absolute atomic E-state index is 0.578. The lowest BCUT2D eigenvalue weighted by Crippen LogP contribution is -1.98. The van der Waals surface area contributed by atoms with Crippen LogP contribution in [-0.4, -0.2) is 10.2 Å². The molecule has 0 unspecified atom stereocenters. The van der Waals surface area contributed by atoms with Crippen LogP contribution in [0.2, 0.25) is 0 Å². The first kappa shape index (κ1) is 12.7. The predicted octanol–water partition coefficient (Wildman–Crippen LogP) is 3.47. The Morgan fingerprint density at radius 1 is 1.28 bits per heavy atom. The SMILES string of the molecule is Cc1ccc(-c2c(N)n[nH]c2CC(C)C)c(C)c1. The largest absolute Gasteiger partial charge is 0.382 e. The Labute approximate surface area is 108 Å². The van der Waals surface area contributed by atoms with Gasteiger partial charge in [0.1, 0.15) is 0 Å². The number of hydrogen-bond acceptors (Lipinski definition) is 2. The van der Waals surface area contributed by atoms with Crippen LogP contribution in [0.4, 0.5) is 5.82 Å². The topological polar surface area (TPSA) is 54.7 Å². The molecule has 3 N–H and O–H groups in total. The fourth-order valence-corrected chi connectivity index (χ4v) is 2.34. The van der Waals surface area contributed by atoms with Gasteiger partial charge in [-0.05, 0) is 37.3 Å². The first-order valence-corrected chi connectivity index (χ1v) is 6.39. The van der Waals surface area contributed by atoms with E-state index in [1.165, 1.54) is 16.7 Å². The summed E-state index contributed by atoms with van der Waals surface area (Å²) in [7, 11) is 0. The third kappa shape index (κ3) is 2.40. The molecule has 0 saturated carbocycles. The van der Waals surface area contributed by atoms with Crippen LogP contribution in [0.15, 0.2) is 18.2 Å². The number of nitrogens with zero attached hydrogens (tertiary/aromatic N) is 1. The normalized spacial score (nSPS) is 11.2. The Hall–Kier alpha value is -1.77. The van der Waals surface area contributed by atoms with Crippen molar-refractivity contribution in [2.75, 3.05) is 5.73 Å². The van der Waals surface area contributed by atoms with Crippen LogP contribution in [0.1, 0.15) is 30.7 Å². The number of anilines is 1. The first-order valence-electron chi connectivity index (χ1n) is 6.39. The van der Waals surface area contributed by atoms with Crippen molar-refractivity contribution in [3.8, 4) is 11.1 Å². The molecular formula is C15H21N3. The molecule has 0 saturated heterocycles. The zero-order valence-corrected chi connectivity index (χ0v) is 11.5. The van der Waals surface area contributed by atoms with Gasteiger partial charge >= 0.3 is 0 Å². The number of nitrogen functional groups attached to an aromatic ring is 1. The number of aryl methyl sites for hydroxylation is 2. The van der Waals surface area contributed by atoms with Crippen molar-refractivity contribution in [3.63, 3.8) is 0 Å². The van der Waals surface area contributed by atoms with E-state index in [-0.39, 0.29) is 0 Å². The zero-order chi connectivity index (χ0) is 13.3. The molecule has 0 aliphatic rings. The van der Waals surface area contributed by atoms with Gasteiger partial charge < -0.3 is 5.73 Å². The van der Waals surface area contributed by atoms with Crippen molar-refractivity contribution < 1.29 is 0 Å². The molecule has 0 aliphatic heterocycles. The molecule has 0 bridgehead atoms. The van der Waals surface area contributed by atoms with E-state index in [1.54, 1.807) is 0 Å². The molecule has 0 radical (unpaired) electrons. The zero-order valence-electron chi connectivity index (χ0n) is 11.5. The highest BCUT2D eigenvalue weighted by Crippen LogP contribution is 2.32. The highest BCUT2D eigenvalue weighted by atomic mass is 15.2. The van der Waals surface area contributed by atoms with Gasteiger partial charge in [-0.25, -0.2) is 0 Å². The van der Waals surface area contributed by atoms with Gasteiger partial charge in [-0.3, -0.25) is 5.10 Å². The third-order valence-corrected chi connectivity index (χ3v) is 3.13. The molecular weight excluding hydrogens is 222 g/mol. The fraction of sp³-hybridized carbons (Fsp3) is 0.400. The summed E-state index contributed by atoms with van der Waals surface area (Å²) in [5.74, 6) is 1.17. The van der Waals surface area contributed by atoms with E-state index in [9.17, 15) is 0 Å². The highest BCUT2D eigenvalue weighted by molar-refractivity contribution is 5.78. The molecule has 2 rings (SSSR count). The third-order valence-electron chi connectivity index (χ3n) is 3.13. The van der Waals surface area contributed by atoms with Crippen molar-refractivity contribution in [3.05, 3.63) is 35.0 Å². The Bertz CT molecular complexity index is 553. The van der Waals surface area contributed by atoms with Gasteiger partial charge in [-0.2, -0.15) is 5.10 Å². The summed E-state index contributed by atoms with van der Waals surface area (Å²) in [6.45, 7) is 8.62. The first-order chi connectivity index (χ1) is 8.49. The molecule has 3 nitrogen and oxygen atoms in total. The number of H-pyrrole nitrogens is 1. The lowest BCUT2D eigenvalue weighted by atomic mass is 9.95. The second-order valence-corrected chi connectivity index (χ2v) is 5.38. The Morgan fingerprint density at radius 2 is 2.00 bits per heavy atom. The second kappa shape index (κ2) is 4.84. The van der Waals surface area contributed by atoms with Crippen molar-refractivity contribution in [2.24, 2.45) is 5.92 Å². The summed E-state index contributed by atoms with van der Waals surface area (Å²) in [6.07, 6.45) is 0.965. The number of aromatic nitrogens is 2. The van der Waals surface area contributed by atoms with Crippen molar-refractivity contribution >= 4 is 5.82 Å². The maximum Gasteiger partial charge on any atom is 0.153 e. The molecule has 0 spiro atoms. The van der Waals surface area contributed by atoms with E-state index in [2.05, 4.69) is 56.1 Å². The maximum absolute atomic E-state index is 6.01. The van der Waals surface area contributed by atoms with E-state index < -0.39 is 0 Å². The molecule has 0 fully saturated rings. The Kier molecular flexibility index (Phi) is 3.41. The summed E-state index contributed by atoms with van der Waals surface area (Å²) in [5.41, 5.74) is 11.9. The molecule has 1 aromatic heterocycles. The minimum Gasteiger partial charge on any atom is -0.382 e. The van der Waals surface area contributed by atoms with Crippen LogP contribution in [0.3, 0.4) is 0 Å². The Balaban J connectivity index is 2.52. The van der Waals surface area contributed by atoms with Crippen LogP contribution >= 0.6 is 0 Å². The van der Waals surface area contributed by atoms with Gasteiger partial charge in [0, 0.05) is 11.3 Å². The van der Waals surface area contributed by atoms with E-state index in [0.29, 0.717) is 11.7 Å². The average molecular weight is 243 g/mol. The lowest BCUT2D eigenvalue weighted by molar-refractivity contribution is 0.634. The number of rotatable bonds is 3. The molecule has 0 amide bonds. The fourth-order valence-electron chi connectivity index (χ4n) is 2.34. The summed E-state index contributed by atoms with van der Waals surface area (Å²) in [6, 6.07) is 6.44. The van der Waals surface area contributed by atoms with Crippen LogP contribution in [-0.2, 0) is 6.42 Å². The summed E-state index contributed by atoms with van der Waals surface area (Å²) < 4.78 is 0. The molecule has 18 heavy (non-hydrogen) atoms. The van der Waals surface area contributed by atoms with Gasteiger partial charge in [-0.15, -0.1) is 0 Å². The van der Waals surface area contributed by atoms with Gasteiger partial charge in [0.05, 0.1) is 0 Å². The molecule has 1 aromatic carbocycles. The Morgan fingerprint density at radius 3 is 2.61 bits per heavy atom. The molecule has 0 atom stereocenters. The van der Waals surface area contributed by atoms with Crippen LogP contribution in [0, 0.1) is 19.8 Å². The lowest BCUT2D eigenvalue weighted by Gasteiger charge is -2.10. The second-order valence-electron chi connectivity index (χ2n) is 5.38. The summed E-state index contributed by atoms with van der Waals surface area (Å²) in [5, 5.41) is 7.23. The molecule has 2 aromatic rings. The highest BCUT2D eigenvalue weighted by Gasteiger charge is 2.15. The van der Waals surface area contributed by atoms with E-state index >= 15 is 0 Å². The predicted molar refractivity (Wildman–Crippen MR) is 76.5 cm³/mol. The average Bonchev–Trinajstić information content (AvgIpc) is 2.60.